The van der Waals surface area contributed by atoms with Gasteiger partial charge in [-0.1, -0.05) is 6.07 Å². The molecule has 0 aliphatic carbocycles. The summed E-state index contributed by atoms with van der Waals surface area (Å²) in [6.07, 6.45) is 3.53. The van der Waals surface area contributed by atoms with Gasteiger partial charge < -0.3 is 4.42 Å². The molecule has 2 unspecified atom stereocenters. The number of aryl methyl sites for hydroxylation is 1. The summed E-state index contributed by atoms with van der Waals surface area (Å²) in [5.74, 6) is 1.55. The van der Waals surface area contributed by atoms with Crippen LogP contribution < -0.4 is 5.32 Å². The molecule has 0 aliphatic rings. The van der Waals surface area contributed by atoms with Crippen molar-refractivity contribution in [2.24, 2.45) is 0 Å². The molecule has 0 aromatic carbocycles. The number of hydrogen-bond donors (Lipinski definition) is 1. The molecule has 0 saturated carbocycles. The molecule has 2 aromatic rings. The summed E-state index contributed by atoms with van der Waals surface area (Å²) in [6, 6.07) is 6.14. The number of nitrogens with one attached hydrogen (secondary N) is 1. The molecular formula is C13H17N3O. The fourth-order valence-electron chi connectivity index (χ4n) is 1.74. The predicted molar refractivity (Wildman–Crippen MR) is 65.4 cm³/mol. The van der Waals surface area contributed by atoms with Crippen LogP contribution in [0.4, 0.5) is 0 Å². The average molecular weight is 231 g/mol. The molecule has 17 heavy (non-hydrogen) atoms. The fraction of sp³-hybridized carbons (Fsp3) is 0.385. The maximum absolute atomic E-state index is 5.49. The Hall–Kier alpha value is -1.68. The fourth-order valence-corrected chi connectivity index (χ4v) is 1.74. The highest BCUT2D eigenvalue weighted by Crippen LogP contribution is 2.17. The molecule has 0 fully saturated rings. The highest BCUT2D eigenvalue weighted by atomic mass is 16.4. The number of pyridine rings is 1. The van der Waals surface area contributed by atoms with E-state index in [0.717, 1.165) is 11.5 Å². The Labute approximate surface area is 101 Å². The molecule has 4 nitrogen and oxygen atoms in total. The molecule has 0 amide bonds. The van der Waals surface area contributed by atoms with Crippen LogP contribution in [-0.2, 0) is 0 Å². The van der Waals surface area contributed by atoms with E-state index >= 15 is 0 Å². The lowest BCUT2D eigenvalue weighted by Crippen LogP contribution is -2.23. The molecule has 90 valence electrons. The van der Waals surface area contributed by atoms with Crippen molar-refractivity contribution in [1.29, 1.82) is 0 Å². The van der Waals surface area contributed by atoms with Crippen LogP contribution in [0.15, 0.2) is 35.0 Å². The normalized spacial score (nSPS) is 14.5. The number of oxazole rings is 1. The van der Waals surface area contributed by atoms with E-state index in [4.69, 9.17) is 4.42 Å². The van der Waals surface area contributed by atoms with Gasteiger partial charge in [-0.25, -0.2) is 4.98 Å². The summed E-state index contributed by atoms with van der Waals surface area (Å²) in [6.45, 7) is 6.00. The number of rotatable bonds is 4. The van der Waals surface area contributed by atoms with Crippen molar-refractivity contribution in [3.63, 3.8) is 0 Å². The molecule has 2 atom stereocenters. The van der Waals surface area contributed by atoms with Gasteiger partial charge in [0.05, 0.1) is 17.9 Å². The second-order valence-electron chi connectivity index (χ2n) is 4.17. The van der Waals surface area contributed by atoms with E-state index < -0.39 is 0 Å². The quantitative estimate of drug-likeness (QED) is 0.879. The first-order valence-electron chi connectivity index (χ1n) is 5.76. The Kier molecular flexibility index (Phi) is 3.54. The summed E-state index contributed by atoms with van der Waals surface area (Å²) in [5.41, 5.74) is 1.02. The number of hydrogen-bond acceptors (Lipinski definition) is 4. The smallest absolute Gasteiger partial charge is 0.211 e. The molecule has 0 radical (unpaired) electrons. The first-order chi connectivity index (χ1) is 8.16. The molecular weight excluding hydrogens is 214 g/mol. The van der Waals surface area contributed by atoms with Gasteiger partial charge >= 0.3 is 0 Å². The van der Waals surface area contributed by atoms with Crippen molar-refractivity contribution in [2.75, 3.05) is 0 Å². The topological polar surface area (TPSA) is 51.0 Å². The third kappa shape index (κ3) is 2.91. The lowest BCUT2D eigenvalue weighted by molar-refractivity contribution is 0.378. The van der Waals surface area contributed by atoms with Crippen LogP contribution in [-0.4, -0.2) is 9.97 Å². The number of nitrogens with zero attached hydrogens (tertiary/aromatic N) is 2. The molecule has 4 heteroatoms. The minimum absolute atomic E-state index is 0.0701. The molecule has 2 aromatic heterocycles. The van der Waals surface area contributed by atoms with Crippen LogP contribution >= 0.6 is 0 Å². The van der Waals surface area contributed by atoms with E-state index in [9.17, 15) is 0 Å². The van der Waals surface area contributed by atoms with Crippen molar-refractivity contribution in [3.05, 3.63) is 47.9 Å². The summed E-state index contributed by atoms with van der Waals surface area (Å²) in [4.78, 5) is 8.53. The van der Waals surface area contributed by atoms with Crippen LogP contribution in [0.3, 0.4) is 0 Å². The van der Waals surface area contributed by atoms with E-state index in [1.807, 2.05) is 32.0 Å². The number of aromatic nitrogens is 2. The first-order valence-corrected chi connectivity index (χ1v) is 5.76. The van der Waals surface area contributed by atoms with Gasteiger partial charge in [0.2, 0.25) is 5.89 Å². The van der Waals surface area contributed by atoms with Crippen molar-refractivity contribution < 1.29 is 4.42 Å². The molecule has 2 rings (SSSR count). The minimum atomic E-state index is 0.0701. The zero-order chi connectivity index (χ0) is 12.3. The monoisotopic (exact) mass is 231 g/mol. The maximum Gasteiger partial charge on any atom is 0.211 e. The average Bonchev–Trinajstić information content (AvgIpc) is 2.77. The maximum atomic E-state index is 5.49. The van der Waals surface area contributed by atoms with Gasteiger partial charge in [-0.3, -0.25) is 10.3 Å². The Morgan fingerprint density at radius 2 is 2.00 bits per heavy atom. The molecule has 2 heterocycles. The molecule has 0 bridgehead atoms. The molecule has 0 spiro atoms. The van der Waals surface area contributed by atoms with E-state index in [0.29, 0.717) is 5.89 Å². The van der Waals surface area contributed by atoms with Crippen molar-refractivity contribution in [2.45, 2.75) is 32.9 Å². The first kappa shape index (κ1) is 11.8. The summed E-state index contributed by atoms with van der Waals surface area (Å²) < 4.78 is 5.49. The second-order valence-corrected chi connectivity index (χ2v) is 4.17. The lowest BCUT2D eigenvalue weighted by atomic mass is 10.2. The molecule has 0 aliphatic heterocycles. The van der Waals surface area contributed by atoms with Crippen molar-refractivity contribution in [3.8, 4) is 0 Å². The third-order valence-corrected chi connectivity index (χ3v) is 2.64. The highest BCUT2D eigenvalue weighted by Gasteiger charge is 2.15. The van der Waals surface area contributed by atoms with E-state index in [2.05, 4.69) is 22.2 Å². The van der Waals surface area contributed by atoms with Gasteiger partial charge in [0.15, 0.2) is 0 Å². The van der Waals surface area contributed by atoms with Gasteiger partial charge in [0, 0.05) is 12.2 Å². The van der Waals surface area contributed by atoms with Crippen LogP contribution in [0.25, 0.3) is 0 Å². The van der Waals surface area contributed by atoms with E-state index in [1.165, 1.54) is 0 Å². The summed E-state index contributed by atoms with van der Waals surface area (Å²) in [5, 5.41) is 3.41. The standard InChI is InChI=1S/C13H17N3O/c1-9-8-15-13(17-9)11(3)16-10(2)12-6-4-5-7-14-12/h4-8,10-11,16H,1-3H3. The van der Waals surface area contributed by atoms with Crippen LogP contribution in [0.5, 0.6) is 0 Å². The predicted octanol–water partition coefficient (Wildman–Crippen LogP) is 2.79. The molecule has 1 N–H and O–H groups in total. The minimum Gasteiger partial charge on any atom is -0.444 e. The Morgan fingerprint density at radius 3 is 2.59 bits per heavy atom. The van der Waals surface area contributed by atoms with Crippen LogP contribution in [0, 0.1) is 6.92 Å². The lowest BCUT2D eigenvalue weighted by Gasteiger charge is -2.17. The highest BCUT2D eigenvalue weighted by molar-refractivity contribution is 5.08. The van der Waals surface area contributed by atoms with Gasteiger partial charge in [-0.15, -0.1) is 0 Å². The van der Waals surface area contributed by atoms with Gasteiger partial charge in [0.25, 0.3) is 0 Å². The largest absolute Gasteiger partial charge is 0.444 e. The van der Waals surface area contributed by atoms with Gasteiger partial charge in [-0.05, 0) is 32.9 Å². The van der Waals surface area contributed by atoms with E-state index in [-0.39, 0.29) is 12.1 Å². The molecule has 0 saturated heterocycles. The Bertz CT molecular complexity index is 467. The summed E-state index contributed by atoms with van der Waals surface area (Å²) >= 11 is 0. The van der Waals surface area contributed by atoms with Crippen molar-refractivity contribution >= 4 is 0 Å². The van der Waals surface area contributed by atoms with Gasteiger partial charge in [-0.2, -0.15) is 0 Å². The summed E-state index contributed by atoms with van der Waals surface area (Å²) in [7, 11) is 0. The Morgan fingerprint density at radius 1 is 1.18 bits per heavy atom. The van der Waals surface area contributed by atoms with Crippen LogP contribution in [0.1, 0.15) is 43.3 Å². The van der Waals surface area contributed by atoms with Gasteiger partial charge in [0.1, 0.15) is 5.76 Å². The van der Waals surface area contributed by atoms with Crippen molar-refractivity contribution in [1.82, 2.24) is 15.3 Å². The third-order valence-electron chi connectivity index (χ3n) is 2.64. The second kappa shape index (κ2) is 5.10. The van der Waals surface area contributed by atoms with E-state index in [1.54, 1.807) is 12.4 Å². The SMILES string of the molecule is Cc1cnc(C(C)NC(C)c2ccccn2)o1. The Balaban J connectivity index is 2.02. The zero-order valence-electron chi connectivity index (χ0n) is 10.3. The zero-order valence-corrected chi connectivity index (χ0v) is 10.3. The van der Waals surface area contributed by atoms with Crippen LogP contribution in [0.2, 0.25) is 0 Å².